The lowest BCUT2D eigenvalue weighted by Crippen LogP contribution is -1.99. The van der Waals surface area contributed by atoms with E-state index in [9.17, 15) is 26.3 Å². The summed E-state index contributed by atoms with van der Waals surface area (Å²) in [5.41, 5.74) is -7.62. The summed E-state index contributed by atoms with van der Waals surface area (Å²) in [7, 11) is 0. The molecule has 0 aliphatic rings. The molecule has 2 aromatic rings. The van der Waals surface area contributed by atoms with Crippen molar-refractivity contribution < 1.29 is 26.3 Å². The third kappa shape index (κ3) is 6.66. The van der Waals surface area contributed by atoms with Gasteiger partial charge in [-0.2, -0.15) is 26.3 Å². The van der Waals surface area contributed by atoms with Crippen molar-refractivity contribution in [2.75, 3.05) is 5.32 Å². The zero-order valence-corrected chi connectivity index (χ0v) is 12.8. The summed E-state index contributed by atoms with van der Waals surface area (Å²) in [5.74, 6) is 0. The number of rotatable bonds is 4. The van der Waals surface area contributed by atoms with Crippen molar-refractivity contribution in [1.29, 1.82) is 0 Å². The molecule has 0 radical (unpaired) electrons. The molecule has 0 spiro atoms. The zero-order valence-electron chi connectivity index (χ0n) is 11.2. The number of thioether (sulfide) groups is 2. The monoisotopic (exact) mass is 369 g/mol. The molecule has 0 bridgehead atoms. The standard InChI is InChI=1S/C14H9F6NS2/c15-13(16,17)22-11-5-1-9(2-6-11)21-10-3-7-12(8-4-10)23-14(18,19)20/h1-8,21H. The summed E-state index contributed by atoms with van der Waals surface area (Å²) in [5, 5.41) is 2.90. The van der Waals surface area contributed by atoms with Crippen LogP contribution in [-0.2, 0) is 0 Å². The molecule has 0 saturated heterocycles. The zero-order chi connectivity index (χ0) is 17.1. The van der Waals surface area contributed by atoms with E-state index in [0.29, 0.717) is 11.4 Å². The van der Waals surface area contributed by atoms with Gasteiger partial charge in [0.25, 0.3) is 0 Å². The summed E-state index contributed by atoms with van der Waals surface area (Å²) < 4.78 is 73.3. The quantitative estimate of drug-likeness (QED) is 0.478. The molecule has 2 rings (SSSR count). The largest absolute Gasteiger partial charge is 0.446 e. The molecular formula is C14H9F6NS2. The third-order valence-electron chi connectivity index (χ3n) is 2.46. The maximum Gasteiger partial charge on any atom is 0.446 e. The Labute approximate surface area is 136 Å². The molecular weight excluding hydrogens is 360 g/mol. The summed E-state index contributed by atoms with van der Waals surface area (Å²) >= 11 is -0.428. The Hall–Kier alpha value is -1.48. The second-order valence-electron chi connectivity index (χ2n) is 4.27. The van der Waals surface area contributed by atoms with E-state index in [1.165, 1.54) is 48.5 Å². The maximum atomic E-state index is 12.2. The van der Waals surface area contributed by atoms with Crippen molar-refractivity contribution >= 4 is 34.9 Å². The van der Waals surface area contributed by atoms with Gasteiger partial charge < -0.3 is 5.32 Å². The molecule has 2 aromatic carbocycles. The summed E-state index contributed by atoms with van der Waals surface area (Å²) in [6.07, 6.45) is 0. The Morgan fingerprint density at radius 1 is 0.565 bits per heavy atom. The summed E-state index contributed by atoms with van der Waals surface area (Å²) in [6.45, 7) is 0. The van der Waals surface area contributed by atoms with Crippen LogP contribution in [0.1, 0.15) is 0 Å². The molecule has 0 aliphatic carbocycles. The fourth-order valence-corrected chi connectivity index (χ4v) is 2.73. The second-order valence-corrected chi connectivity index (χ2v) is 6.55. The lowest BCUT2D eigenvalue weighted by molar-refractivity contribution is -0.0337. The number of nitrogens with one attached hydrogen (secondary N) is 1. The summed E-state index contributed by atoms with van der Waals surface area (Å²) in [6, 6.07) is 11.1. The van der Waals surface area contributed by atoms with Crippen molar-refractivity contribution in [2.24, 2.45) is 0 Å². The number of hydrogen-bond donors (Lipinski definition) is 1. The van der Waals surface area contributed by atoms with Gasteiger partial charge in [-0.15, -0.1) is 0 Å². The van der Waals surface area contributed by atoms with Crippen molar-refractivity contribution in [1.82, 2.24) is 0 Å². The van der Waals surface area contributed by atoms with Crippen LogP contribution in [-0.4, -0.2) is 11.0 Å². The molecule has 0 heterocycles. The van der Waals surface area contributed by atoms with Gasteiger partial charge in [-0.3, -0.25) is 0 Å². The van der Waals surface area contributed by atoms with Crippen LogP contribution < -0.4 is 5.32 Å². The predicted octanol–water partition coefficient (Wildman–Crippen LogP) is 6.65. The minimum absolute atomic E-state index is 0.0555. The SMILES string of the molecule is FC(F)(F)Sc1ccc(Nc2ccc(SC(F)(F)F)cc2)cc1. The molecule has 0 atom stereocenters. The van der Waals surface area contributed by atoms with Crippen molar-refractivity contribution in [3.63, 3.8) is 0 Å². The topological polar surface area (TPSA) is 12.0 Å². The molecule has 23 heavy (non-hydrogen) atoms. The van der Waals surface area contributed by atoms with Crippen LogP contribution in [0.5, 0.6) is 0 Å². The van der Waals surface area contributed by atoms with Crippen LogP contribution in [0.3, 0.4) is 0 Å². The van der Waals surface area contributed by atoms with E-state index in [0.717, 1.165) is 0 Å². The van der Waals surface area contributed by atoms with E-state index in [4.69, 9.17) is 0 Å². The fraction of sp³-hybridized carbons (Fsp3) is 0.143. The van der Waals surface area contributed by atoms with E-state index in [-0.39, 0.29) is 33.3 Å². The van der Waals surface area contributed by atoms with Gasteiger partial charge in [0, 0.05) is 21.2 Å². The molecule has 9 heteroatoms. The fourth-order valence-electron chi connectivity index (χ4n) is 1.65. The molecule has 124 valence electrons. The maximum absolute atomic E-state index is 12.2. The Bertz CT molecular complexity index is 577. The first-order valence-electron chi connectivity index (χ1n) is 6.09. The number of halogens is 6. The average Bonchev–Trinajstić information content (AvgIpc) is 2.40. The molecule has 1 nitrogen and oxygen atoms in total. The van der Waals surface area contributed by atoms with Crippen LogP contribution >= 0.6 is 23.5 Å². The molecule has 0 aromatic heterocycles. The number of hydrogen-bond acceptors (Lipinski definition) is 3. The van der Waals surface area contributed by atoms with Gasteiger partial charge >= 0.3 is 11.0 Å². The molecule has 1 N–H and O–H groups in total. The Morgan fingerprint density at radius 2 is 0.870 bits per heavy atom. The molecule has 0 aliphatic heterocycles. The van der Waals surface area contributed by atoms with Crippen molar-refractivity contribution in [2.45, 2.75) is 20.8 Å². The summed E-state index contributed by atoms with van der Waals surface area (Å²) in [4.78, 5) is 0.111. The van der Waals surface area contributed by atoms with E-state index in [2.05, 4.69) is 5.32 Å². The van der Waals surface area contributed by atoms with Gasteiger partial charge in [0.2, 0.25) is 0 Å². The molecule has 0 amide bonds. The Kier molecular flexibility index (Phi) is 5.41. The van der Waals surface area contributed by atoms with Gasteiger partial charge in [-0.25, -0.2) is 0 Å². The first-order valence-corrected chi connectivity index (χ1v) is 7.73. The number of benzene rings is 2. The van der Waals surface area contributed by atoms with Gasteiger partial charge in [0.05, 0.1) is 0 Å². The van der Waals surface area contributed by atoms with E-state index < -0.39 is 11.0 Å². The second kappa shape index (κ2) is 6.96. The smallest absolute Gasteiger partial charge is 0.356 e. The lowest BCUT2D eigenvalue weighted by Gasteiger charge is -2.10. The highest BCUT2D eigenvalue weighted by Gasteiger charge is 2.29. The van der Waals surface area contributed by atoms with Crippen LogP contribution in [0, 0.1) is 0 Å². The van der Waals surface area contributed by atoms with Gasteiger partial charge in [-0.05, 0) is 72.1 Å². The van der Waals surface area contributed by atoms with Gasteiger partial charge in [0.1, 0.15) is 0 Å². The van der Waals surface area contributed by atoms with Crippen LogP contribution in [0.4, 0.5) is 37.7 Å². The minimum Gasteiger partial charge on any atom is -0.356 e. The normalized spacial score (nSPS) is 12.3. The molecule has 0 unspecified atom stereocenters. The van der Waals surface area contributed by atoms with Crippen molar-refractivity contribution in [3.05, 3.63) is 48.5 Å². The minimum atomic E-state index is -4.35. The lowest BCUT2D eigenvalue weighted by atomic mass is 10.3. The highest BCUT2D eigenvalue weighted by molar-refractivity contribution is 8.00. The Morgan fingerprint density at radius 3 is 1.13 bits per heavy atom. The van der Waals surface area contributed by atoms with Crippen LogP contribution in [0.2, 0.25) is 0 Å². The first kappa shape index (κ1) is 17.9. The highest BCUT2D eigenvalue weighted by Crippen LogP contribution is 2.38. The van der Waals surface area contributed by atoms with Crippen LogP contribution in [0.15, 0.2) is 58.3 Å². The molecule has 0 fully saturated rings. The number of alkyl halides is 6. The third-order valence-corrected chi connectivity index (χ3v) is 3.94. The van der Waals surface area contributed by atoms with E-state index in [1.54, 1.807) is 0 Å². The van der Waals surface area contributed by atoms with Gasteiger partial charge in [-0.1, -0.05) is 0 Å². The first-order chi connectivity index (χ1) is 10.6. The van der Waals surface area contributed by atoms with Gasteiger partial charge in [0.15, 0.2) is 0 Å². The van der Waals surface area contributed by atoms with Crippen LogP contribution in [0.25, 0.3) is 0 Å². The predicted molar refractivity (Wildman–Crippen MR) is 80.0 cm³/mol. The van der Waals surface area contributed by atoms with Crippen molar-refractivity contribution in [3.8, 4) is 0 Å². The average molecular weight is 369 g/mol. The highest BCUT2D eigenvalue weighted by atomic mass is 32.2. The number of anilines is 2. The van der Waals surface area contributed by atoms with E-state index >= 15 is 0 Å². The Balaban J connectivity index is 1.99. The van der Waals surface area contributed by atoms with E-state index in [1.807, 2.05) is 0 Å². The molecule has 0 saturated carbocycles.